The number of aromatic nitrogens is 2. The van der Waals surface area contributed by atoms with Gasteiger partial charge in [-0.15, -0.1) is 0 Å². The van der Waals surface area contributed by atoms with Crippen LogP contribution >= 0.6 is 0 Å². The second-order valence-corrected chi connectivity index (χ2v) is 4.63. The number of hydrogen-bond acceptors (Lipinski definition) is 5. The molecule has 0 radical (unpaired) electrons. The molecule has 90 valence electrons. The van der Waals surface area contributed by atoms with Crippen molar-refractivity contribution in [3.8, 4) is 0 Å². The number of carboxylic acid groups (broad SMARTS) is 1. The van der Waals surface area contributed by atoms with E-state index in [1.54, 1.807) is 0 Å². The van der Waals surface area contributed by atoms with Gasteiger partial charge in [-0.3, -0.25) is 9.89 Å². The van der Waals surface area contributed by atoms with E-state index >= 15 is 0 Å². The van der Waals surface area contributed by atoms with Crippen LogP contribution in [0.3, 0.4) is 0 Å². The maximum absolute atomic E-state index is 11.6. The molecule has 16 heavy (non-hydrogen) atoms. The minimum atomic E-state index is -3.94. The number of aliphatic carboxylic acids is 1. The van der Waals surface area contributed by atoms with E-state index < -0.39 is 28.6 Å². The summed E-state index contributed by atoms with van der Waals surface area (Å²) in [6.07, 6.45) is 1.03. The topological polar surface area (TPSA) is 132 Å². The monoisotopic (exact) mass is 249 g/mol. The fraction of sp³-hybridized carbons (Fsp3) is 0.429. The number of aliphatic hydroxyl groups excluding tert-OH is 1. The normalized spacial score (nSPS) is 13.6. The SMILES string of the molecule is O=C(O)C(CCO)NS(=O)(=O)c1ccn[nH]1. The van der Waals surface area contributed by atoms with Crippen LogP contribution in [-0.4, -0.2) is 47.4 Å². The summed E-state index contributed by atoms with van der Waals surface area (Å²) in [6.45, 7) is -0.428. The summed E-state index contributed by atoms with van der Waals surface area (Å²) >= 11 is 0. The maximum atomic E-state index is 11.6. The lowest BCUT2D eigenvalue weighted by atomic mass is 10.2. The van der Waals surface area contributed by atoms with Crippen molar-refractivity contribution in [2.75, 3.05) is 6.61 Å². The largest absolute Gasteiger partial charge is 0.480 e. The number of H-pyrrole nitrogens is 1. The average Bonchev–Trinajstić information content (AvgIpc) is 2.69. The van der Waals surface area contributed by atoms with Gasteiger partial charge in [0.15, 0.2) is 5.03 Å². The van der Waals surface area contributed by atoms with E-state index in [-0.39, 0.29) is 11.4 Å². The van der Waals surface area contributed by atoms with Crippen molar-refractivity contribution >= 4 is 16.0 Å². The highest BCUT2D eigenvalue weighted by molar-refractivity contribution is 7.89. The number of nitrogens with zero attached hydrogens (tertiary/aromatic N) is 1. The van der Waals surface area contributed by atoms with Crippen LogP contribution in [0.1, 0.15) is 6.42 Å². The Bertz CT molecular complexity index is 441. The molecule has 1 aromatic rings. The van der Waals surface area contributed by atoms with Gasteiger partial charge >= 0.3 is 5.97 Å². The van der Waals surface area contributed by atoms with Gasteiger partial charge in [0.25, 0.3) is 10.0 Å². The number of carboxylic acids is 1. The number of hydrogen-bond donors (Lipinski definition) is 4. The minimum Gasteiger partial charge on any atom is -0.480 e. The molecule has 0 saturated heterocycles. The second kappa shape index (κ2) is 5.05. The molecule has 0 aliphatic rings. The van der Waals surface area contributed by atoms with Gasteiger partial charge < -0.3 is 10.2 Å². The highest BCUT2D eigenvalue weighted by Gasteiger charge is 2.25. The molecule has 0 saturated carbocycles. The predicted octanol–water partition coefficient (Wildman–Crippen LogP) is -1.48. The first kappa shape index (κ1) is 12.6. The lowest BCUT2D eigenvalue weighted by Crippen LogP contribution is -2.41. The molecule has 0 bridgehead atoms. The van der Waals surface area contributed by atoms with Crippen molar-refractivity contribution < 1.29 is 23.4 Å². The first-order valence-electron chi connectivity index (χ1n) is 4.32. The van der Waals surface area contributed by atoms with Crippen molar-refractivity contribution in [1.82, 2.24) is 14.9 Å². The van der Waals surface area contributed by atoms with E-state index in [1.807, 2.05) is 4.72 Å². The number of aromatic amines is 1. The lowest BCUT2D eigenvalue weighted by molar-refractivity contribution is -0.139. The summed E-state index contributed by atoms with van der Waals surface area (Å²) in [5, 5.41) is 22.7. The maximum Gasteiger partial charge on any atom is 0.321 e. The van der Waals surface area contributed by atoms with Crippen molar-refractivity contribution in [2.24, 2.45) is 0 Å². The summed E-state index contributed by atoms with van der Waals surface area (Å²) in [5.74, 6) is -1.35. The molecule has 0 fully saturated rings. The van der Waals surface area contributed by atoms with Gasteiger partial charge in [-0.05, 0) is 12.5 Å². The zero-order valence-corrected chi connectivity index (χ0v) is 8.94. The van der Waals surface area contributed by atoms with Gasteiger partial charge in [0.2, 0.25) is 0 Å². The Labute approximate surface area is 91.3 Å². The second-order valence-electron chi connectivity index (χ2n) is 2.95. The molecule has 9 heteroatoms. The van der Waals surface area contributed by atoms with Crippen LogP contribution in [0, 0.1) is 0 Å². The van der Waals surface area contributed by atoms with Crippen molar-refractivity contribution in [3.63, 3.8) is 0 Å². The number of carbonyl (C=O) groups is 1. The van der Waals surface area contributed by atoms with E-state index in [2.05, 4.69) is 10.2 Å². The van der Waals surface area contributed by atoms with E-state index in [9.17, 15) is 13.2 Å². The molecule has 1 aromatic heterocycles. The molecule has 1 unspecified atom stereocenters. The van der Waals surface area contributed by atoms with E-state index in [1.165, 1.54) is 12.3 Å². The Morgan fingerprint density at radius 1 is 1.62 bits per heavy atom. The molecular weight excluding hydrogens is 238 g/mol. The van der Waals surface area contributed by atoms with Gasteiger partial charge in [0.1, 0.15) is 6.04 Å². The molecule has 4 N–H and O–H groups in total. The predicted molar refractivity (Wildman–Crippen MR) is 52.0 cm³/mol. The first-order chi connectivity index (χ1) is 7.47. The quantitative estimate of drug-likeness (QED) is 0.486. The standard InChI is InChI=1S/C7H11N3O5S/c11-4-2-5(7(12)13)10-16(14,15)6-1-3-8-9-6/h1,3,5,10-11H,2,4H2,(H,8,9)(H,12,13). The van der Waals surface area contributed by atoms with Crippen LogP contribution in [0.2, 0.25) is 0 Å². The highest BCUT2D eigenvalue weighted by atomic mass is 32.2. The molecule has 1 atom stereocenters. The Morgan fingerprint density at radius 2 is 2.31 bits per heavy atom. The Morgan fingerprint density at radius 3 is 2.75 bits per heavy atom. The smallest absolute Gasteiger partial charge is 0.321 e. The van der Waals surface area contributed by atoms with Crippen LogP contribution in [-0.2, 0) is 14.8 Å². The molecule has 0 aliphatic carbocycles. The van der Waals surface area contributed by atoms with Crippen LogP contribution in [0.4, 0.5) is 0 Å². The van der Waals surface area contributed by atoms with E-state index in [0.717, 1.165) is 0 Å². The molecule has 0 aromatic carbocycles. The lowest BCUT2D eigenvalue weighted by Gasteiger charge is -2.12. The fourth-order valence-corrected chi connectivity index (χ4v) is 2.14. The van der Waals surface area contributed by atoms with E-state index in [4.69, 9.17) is 10.2 Å². The van der Waals surface area contributed by atoms with Crippen LogP contribution in [0.15, 0.2) is 17.3 Å². The summed E-state index contributed by atoms with van der Waals surface area (Å²) in [6, 6.07) is -0.168. The molecule has 1 rings (SSSR count). The summed E-state index contributed by atoms with van der Waals surface area (Å²) < 4.78 is 25.0. The van der Waals surface area contributed by atoms with Crippen molar-refractivity contribution in [2.45, 2.75) is 17.5 Å². The number of nitrogens with one attached hydrogen (secondary N) is 2. The van der Waals surface area contributed by atoms with E-state index in [0.29, 0.717) is 0 Å². The highest BCUT2D eigenvalue weighted by Crippen LogP contribution is 2.05. The average molecular weight is 249 g/mol. The molecule has 1 heterocycles. The van der Waals surface area contributed by atoms with Crippen LogP contribution < -0.4 is 4.72 Å². The zero-order valence-electron chi connectivity index (χ0n) is 8.12. The van der Waals surface area contributed by atoms with Gasteiger partial charge in [-0.25, -0.2) is 8.42 Å². The molecule has 0 aliphatic heterocycles. The van der Waals surface area contributed by atoms with Crippen LogP contribution in [0.25, 0.3) is 0 Å². The first-order valence-corrected chi connectivity index (χ1v) is 5.81. The van der Waals surface area contributed by atoms with Crippen molar-refractivity contribution in [1.29, 1.82) is 0 Å². The fourth-order valence-electron chi connectivity index (χ4n) is 1.01. The van der Waals surface area contributed by atoms with Crippen LogP contribution in [0.5, 0.6) is 0 Å². The Hall–Kier alpha value is -1.45. The minimum absolute atomic E-state index is 0.206. The van der Waals surface area contributed by atoms with Gasteiger partial charge in [0.05, 0.1) is 6.20 Å². The third-order valence-corrected chi connectivity index (χ3v) is 3.18. The summed E-state index contributed by atoms with van der Waals surface area (Å²) in [5.41, 5.74) is 0. The zero-order chi connectivity index (χ0) is 12.2. The Kier molecular flexibility index (Phi) is 3.99. The number of sulfonamides is 1. The summed E-state index contributed by atoms with van der Waals surface area (Å²) in [7, 11) is -3.94. The summed E-state index contributed by atoms with van der Waals surface area (Å²) in [4.78, 5) is 10.7. The molecular formula is C7H11N3O5S. The van der Waals surface area contributed by atoms with Gasteiger partial charge in [-0.2, -0.15) is 9.82 Å². The van der Waals surface area contributed by atoms with Gasteiger partial charge in [-0.1, -0.05) is 0 Å². The molecule has 0 spiro atoms. The molecule has 0 amide bonds. The molecule has 8 nitrogen and oxygen atoms in total. The third kappa shape index (κ3) is 3.02. The third-order valence-electron chi connectivity index (χ3n) is 1.78. The number of aliphatic hydroxyl groups is 1. The van der Waals surface area contributed by atoms with Crippen molar-refractivity contribution in [3.05, 3.63) is 12.3 Å². The Balaban J connectivity index is 2.82. The number of rotatable bonds is 6. The van der Waals surface area contributed by atoms with Gasteiger partial charge in [0, 0.05) is 6.61 Å².